The molecule has 0 aliphatic rings. The second-order valence-corrected chi connectivity index (χ2v) is 5.84. The summed E-state index contributed by atoms with van der Waals surface area (Å²) in [6.07, 6.45) is 5.12. The minimum Gasteiger partial charge on any atom is -0.454 e. The van der Waals surface area contributed by atoms with Gasteiger partial charge in [0.05, 0.1) is 18.1 Å². The van der Waals surface area contributed by atoms with Crippen molar-refractivity contribution in [2.24, 2.45) is 7.05 Å². The summed E-state index contributed by atoms with van der Waals surface area (Å²) in [6.45, 7) is 0.366. The Morgan fingerprint density at radius 1 is 1.22 bits per heavy atom. The predicted octanol–water partition coefficient (Wildman–Crippen LogP) is 1.99. The molecule has 27 heavy (non-hydrogen) atoms. The van der Waals surface area contributed by atoms with Crippen molar-refractivity contribution in [3.05, 3.63) is 54.4 Å². The molecular weight excluding hydrogens is 346 g/mol. The summed E-state index contributed by atoms with van der Waals surface area (Å²) in [4.78, 5) is 25.0. The van der Waals surface area contributed by atoms with E-state index in [-0.39, 0.29) is 11.7 Å². The number of pyridine rings is 1. The van der Waals surface area contributed by atoms with Gasteiger partial charge in [0.15, 0.2) is 17.2 Å². The van der Waals surface area contributed by atoms with Crippen LogP contribution in [0, 0.1) is 0 Å². The number of aromatic nitrogens is 5. The number of furan rings is 1. The van der Waals surface area contributed by atoms with Crippen LogP contribution in [0.2, 0.25) is 0 Å². The normalized spacial score (nSPS) is 10.9. The summed E-state index contributed by atoms with van der Waals surface area (Å²) in [5.41, 5.74) is 1.51. The van der Waals surface area contributed by atoms with Gasteiger partial charge in [-0.3, -0.25) is 14.5 Å². The van der Waals surface area contributed by atoms with E-state index in [0.717, 1.165) is 10.9 Å². The first-order valence-corrected chi connectivity index (χ1v) is 8.30. The van der Waals surface area contributed by atoms with Crippen LogP contribution in [0.15, 0.2) is 47.3 Å². The molecular formula is C18H17N7O2. The molecule has 9 heteroatoms. The minimum absolute atomic E-state index is 0.263. The molecule has 136 valence electrons. The predicted molar refractivity (Wildman–Crippen MR) is 99.0 cm³/mol. The van der Waals surface area contributed by atoms with Crippen LogP contribution in [0.25, 0.3) is 22.4 Å². The van der Waals surface area contributed by atoms with Crippen molar-refractivity contribution in [3.63, 3.8) is 0 Å². The topological polar surface area (TPSA) is 111 Å². The Balaban J connectivity index is 1.66. The van der Waals surface area contributed by atoms with Gasteiger partial charge >= 0.3 is 0 Å². The number of rotatable bonds is 5. The highest BCUT2D eigenvalue weighted by atomic mass is 16.4. The molecule has 0 saturated heterocycles. The van der Waals surface area contributed by atoms with Crippen LogP contribution < -0.4 is 10.6 Å². The van der Waals surface area contributed by atoms with E-state index in [9.17, 15) is 4.79 Å². The molecule has 0 fully saturated rings. The van der Waals surface area contributed by atoms with Gasteiger partial charge in [0.25, 0.3) is 5.91 Å². The summed E-state index contributed by atoms with van der Waals surface area (Å²) >= 11 is 0. The lowest BCUT2D eigenvalue weighted by atomic mass is 10.2. The molecule has 4 rings (SSSR count). The molecule has 0 saturated carbocycles. The van der Waals surface area contributed by atoms with E-state index in [2.05, 4.69) is 30.7 Å². The monoisotopic (exact) mass is 363 g/mol. The van der Waals surface area contributed by atoms with E-state index in [1.807, 2.05) is 19.2 Å². The first kappa shape index (κ1) is 16.7. The Morgan fingerprint density at radius 2 is 2.11 bits per heavy atom. The van der Waals surface area contributed by atoms with Crippen molar-refractivity contribution in [2.45, 2.75) is 6.54 Å². The van der Waals surface area contributed by atoms with E-state index < -0.39 is 0 Å². The summed E-state index contributed by atoms with van der Waals surface area (Å²) in [5.74, 6) is 1.79. The van der Waals surface area contributed by atoms with Crippen LogP contribution in [0.4, 0.5) is 5.82 Å². The number of amides is 1. The Kier molecular flexibility index (Phi) is 4.25. The number of carbonyl (C=O) groups excluding carboxylic acids is 1. The third-order valence-corrected chi connectivity index (χ3v) is 4.05. The number of hydrogen-bond acceptors (Lipinski definition) is 7. The lowest BCUT2D eigenvalue weighted by Gasteiger charge is -2.08. The van der Waals surface area contributed by atoms with Crippen LogP contribution in [0.5, 0.6) is 0 Å². The van der Waals surface area contributed by atoms with E-state index in [1.165, 1.54) is 0 Å². The van der Waals surface area contributed by atoms with Crippen molar-refractivity contribution in [1.82, 2.24) is 30.0 Å². The van der Waals surface area contributed by atoms with E-state index in [1.54, 1.807) is 42.5 Å². The number of fused-ring (bicyclic) bond motifs is 1. The number of nitrogens with zero attached hydrogens (tertiary/aromatic N) is 5. The molecule has 0 spiro atoms. The molecule has 1 amide bonds. The van der Waals surface area contributed by atoms with Gasteiger partial charge in [0.2, 0.25) is 0 Å². The summed E-state index contributed by atoms with van der Waals surface area (Å²) in [7, 11) is 3.39. The smallest absolute Gasteiger partial charge is 0.286 e. The SMILES string of the molecule is CNC(=O)c1ccc(CNc2nc(-c3cccnc3)nc3c2cnn3C)o1. The van der Waals surface area contributed by atoms with Gasteiger partial charge in [-0.1, -0.05) is 0 Å². The Bertz CT molecular complexity index is 1100. The number of anilines is 1. The van der Waals surface area contributed by atoms with Crippen LogP contribution in [-0.4, -0.2) is 37.7 Å². The minimum atomic E-state index is -0.267. The maximum absolute atomic E-state index is 11.6. The number of aryl methyl sites for hydroxylation is 1. The Labute approximate surface area is 154 Å². The van der Waals surface area contributed by atoms with Crippen molar-refractivity contribution in [1.29, 1.82) is 0 Å². The standard InChI is InChI=1S/C18H17N7O2/c1-19-18(26)14-6-5-12(27-14)9-21-16-13-10-22-25(2)17(13)24-15(23-16)11-4-3-7-20-8-11/h3-8,10H,9H2,1-2H3,(H,19,26)(H,21,23,24). The van der Waals surface area contributed by atoms with Gasteiger partial charge in [0, 0.05) is 32.1 Å². The second-order valence-electron chi connectivity index (χ2n) is 5.84. The summed E-state index contributed by atoms with van der Waals surface area (Å²) in [6, 6.07) is 7.12. The zero-order chi connectivity index (χ0) is 18.8. The highest BCUT2D eigenvalue weighted by molar-refractivity contribution is 5.91. The molecule has 4 aromatic rings. The number of carbonyl (C=O) groups is 1. The second kappa shape index (κ2) is 6.87. The Hall–Kier alpha value is -3.75. The highest BCUT2D eigenvalue weighted by Crippen LogP contribution is 2.24. The molecule has 0 aromatic carbocycles. The van der Waals surface area contributed by atoms with Crippen LogP contribution in [-0.2, 0) is 13.6 Å². The summed E-state index contributed by atoms with van der Waals surface area (Å²) < 4.78 is 7.23. The molecule has 4 aromatic heterocycles. The molecule has 0 radical (unpaired) electrons. The molecule has 0 aliphatic heterocycles. The number of hydrogen-bond donors (Lipinski definition) is 2. The summed E-state index contributed by atoms with van der Waals surface area (Å²) in [5, 5.41) is 10.8. The lowest BCUT2D eigenvalue weighted by Crippen LogP contribution is -2.16. The quantitative estimate of drug-likeness (QED) is 0.558. The fraction of sp³-hybridized carbons (Fsp3) is 0.167. The molecule has 9 nitrogen and oxygen atoms in total. The van der Waals surface area contributed by atoms with Gasteiger partial charge in [-0.05, 0) is 24.3 Å². The van der Waals surface area contributed by atoms with E-state index in [4.69, 9.17) is 4.42 Å². The van der Waals surface area contributed by atoms with Gasteiger partial charge < -0.3 is 15.1 Å². The average molecular weight is 363 g/mol. The largest absolute Gasteiger partial charge is 0.454 e. The molecule has 2 N–H and O–H groups in total. The molecule has 4 heterocycles. The maximum atomic E-state index is 11.6. The third kappa shape index (κ3) is 3.22. The van der Waals surface area contributed by atoms with Crippen LogP contribution in [0.1, 0.15) is 16.3 Å². The van der Waals surface area contributed by atoms with E-state index >= 15 is 0 Å². The highest BCUT2D eigenvalue weighted by Gasteiger charge is 2.14. The Morgan fingerprint density at radius 3 is 2.89 bits per heavy atom. The molecule has 0 aliphatic carbocycles. The maximum Gasteiger partial charge on any atom is 0.286 e. The third-order valence-electron chi connectivity index (χ3n) is 4.05. The van der Waals surface area contributed by atoms with Gasteiger partial charge in [-0.2, -0.15) is 5.10 Å². The van der Waals surface area contributed by atoms with Crippen molar-refractivity contribution < 1.29 is 9.21 Å². The van der Waals surface area contributed by atoms with Crippen LogP contribution >= 0.6 is 0 Å². The number of nitrogens with one attached hydrogen (secondary N) is 2. The fourth-order valence-electron chi connectivity index (χ4n) is 2.67. The van der Waals surface area contributed by atoms with Crippen molar-refractivity contribution >= 4 is 22.8 Å². The van der Waals surface area contributed by atoms with E-state index in [0.29, 0.717) is 29.6 Å². The van der Waals surface area contributed by atoms with Gasteiger partial charge in [-0.25, -0.2) is 9.97 Å². The van der Waals surface area contributed by atoms with Crippen molar-refractivity contribution in [2.75, 3.05) is 12.4 Å². The van der Waals surface area contributed by atoms with Crippen LogP contribution in [0.3, 0.4) is 0 Å². The fourth-order valence-corrected chi connectivity index (χ4v) is 2.67. The zero-order valence-electron chi connectivity index (χ0n) is 14.8. The zero-order valence-corrected chi connectivity index (χ0v) is 14.8. The first-order chi connectivity index (χ1) is 13.2. The molecule has 0 bridgehead atoms. The first-order valence-electron chi connectivity index (χ1n) is 8.30. The average Bonchev–Trinajstić information content (AvgIpc) is 3.33. The van der Waals surface area contributed by atoms with Gasteiger partial charge in [0.1, 0.15) is 11.6 Å². The van der Waals surface area contributed by atoms with Crippen molar-refractivity contribution in [3.8, 4) is 11.4 Å². The molecule has 0 atom stereocenters. The molecule has 0 unspecified atom stereocenters. The lowest BCUT2D eigenvalue weighted by molar-refractivity contribution is 0.0934. The van der Waals surface area contributed by atoms with Gasteiger partial charge in [-0.15, -0.1) is 0 Å².